The molecule has 0 aliphatic rings. The van der Waals surface area contributed by atoms with Gasteiger partial charge in [0.05, 0.1) is 12.8 Å². The van der Waals surface area contributed by atoms with Crippen molar-refractivity contribution < 1.29 is 4.74 Å². The summed E-state index contributed by atoms with van der Waals surface area (Å²) in [4.78, 5) is 17.8. The maximum atomic E-state index is 11.4. The first kappa shape index (κ1) is 11.2. The largest absolute Gasteiger partial charge is 0.496 e. The number of nitrogen functional groups attached to an aromatic ring is 1. The number of hydrogen-bond donors (Lipinski definition) is 2. The summed E-state index contributed by atoms with van der Waals surface area (Å²) in [5.41, 5.74) is 7.71. The molecule has 2 rings (SSSR count). The van der Waals surface area contributed by atoms with Crippen molar-refractivity contribution >= 4 is 5.69 Å². The number of nitrogens with zero attached hydrogens (tertiary/aromatic N) is 1. The summed E-state index contributed by atoms with van der Waals surface area (Å²) in [5, 5.41) is 0. The molecule has 5 heteroatoms. The third-order valence-electron chi connectivity index (χ3n) is 2.53. The van der Waals surface area contributed by atoms with Gasteiger partial charge in [-0.1, -0.05) is 12.1 Å². The molecule has 17 heavy (non-hydrogen) atoms. The van der Waals surface area contributed by atoms with Crippen LogP contribution in [0.3, 0.4) is 0 Å². The maximum Gasteiger partial charge on any atom is 0.345 e. The molecule has 0 spiro atoms. The molecule has 0 saturated carbocycles. The van der Waals surface area contributed by atoms with Crippen LogP contribution in [0.5, 0.6) is 5.75 Å². The Kier molecular flexibility index (Phi) is 2.82. The zero-order valence-electron chi connectivity index (χ0n) is 9.65. The second-order valence-corrected chi connectivity index (χ2v) is 3.63. The minimum absolute atomic E-state index is 0.419. The number of aromatic amines is 1. The quantitative estimate of drug-likeness (QED) is 0.817. The number of hydrogen-bond acceptors (Lipinski definition) is 4. The summed E-state index contributed by atoms with van der Waals surface area (Å²) in [6.07, 6.45) is 0. The number of para-hydroxylation sites is 1. The van der Waals surface area contributed by atoms with E-state index < -0.39 is 5.69 Å². The molecular weight excluding hydrogens is 218 g/mol. The van der Waals surface area contributed by atoms with E-state index in [0.717, 1.165) is 0 Å². The molecule has 0 atom stereocenters. The number of anilines is 1. The Labute approximate surface area is 98.3 Å². The molecule has 0 bridgehead atoms. The van der Waals surface area contributed by atoms with Gasteiger partial charge in [0.1, 0.15) is 11.4 Å². The van der Waals surface area contributed by atoms with Crippen molar-refractivity contribution in [3.05, 3.63) is 40.4 Å². The summed E-state index contributed by atoms with van der Waals surface area (Å²) in [6, 6.07) is 7.30. The molecular formula is C12H13N3O2. The molecule has 0 aliphatic carbocycles. The maximum absolute atomic E-state index is 11.4. The number of methoxy groups -OCH3 is 1. The highest BCUT2D eigenvalue weighted by atomic mass is 16.5. The smallest absolute Gasteiger partial charge is 0.345 e. The number of aromatic nitrogens is 2. The van der Waals surface area contributed by atoms with E-state index in [-0.39, 0.29) is 0 Å². The molecule has 88 valence electrons. The van der Waals surface area contributed by atoms with Crippen LogP contribution in [0.2, 0.25) is 0 Å². The lowest BCUT2D eigenvalue weighted by molar-refractivity contribution is 0.416. The fourth-order valence-corrected chi connectivity index (χ4v) is 1.64. The normalized spacial score (nSPS) is 10.2. The zero-order valence-corrected chi connectivity index (χ0v) is 9.65. The van der Waals surface area contributed by atoms with Crippen LogP contribution in [0.15, 0.2) is 29.1 Å². The van der Waals surface area contributed by atoms with Gasteiger partial charge in [-0.25, -0.2) is 4.79 Å². The monoisotopic (exact) mass is 231 g/mol. The summed E-state index contributed by atoms with van der Waals surface area (Å²) in [7, 11) is 1.56. The second-order valence-electron chi connectivity index (χ2n) is 3.63. The van der Waals surface area contributed by atoms with Gasteiger partial charge in [-0.2, -0.15) is 4.98 Å². The van der Waals surface area contributed by atoms with Gasteiger partial charge in [-0.05, 0) is 19.1 Å². The fourth-order valence-electron chi connectivity index (χ4n) is 1.64. The van der Waals surface area contributed by atoms with Crippen molar-refractivity contribution in [1.29, 1.82) is 0 Å². The Morgan fingerprint density at radius 1 is 1.35 bits per heavy atom. The molecule has 1 aromatic carbocycles. The molecule has 0 unspecified atom stereocenters. The Balaban J connectivity index is 2.72. The average molecular weight is 231 g/mol. The number of nitrogens with two attached hydrogens (primary N) is 1. The summed E-state index contributed by atoms with van der Waals surface area (Å²) in [6.45, 7) is 1.73. The van der Waals surface area contributed by atoms with Crippen LogP contribution in [0, 0.1) is 6.92 Å². The molecule has 0 amide bonds. The van der Waals surface area contributed by atoms with Gasteiger partial charge in [-0.15, -0.1) is 0 Å². The second kappa shape index (κ2) is 4.29. The topological polar surface area (TPSA) is 81.0 Å². The van der Waals surface area contributed by atoms with E-state index in [1.807, 2.05) is 18.2 Å². The molecule has 5 nitrogen and oxygen atoms in total. The molecule has 0 saturated heterocycles. The number of ether oxygens (including phenoxy) is 1. The van der Waals surface area contributed by atoms with Crippen LogP contribution in [0.4, 0.5) is 5.69 Å². The highest BCUT2D eigenvalue weighted by Crippen LogP contribution is 2.31. The molecule has 3 N–H and O–H groups in total. The summed E-state index contributed by atoms with van der Waals surface area (Å²) < 4.78 is 5.23. The summed E-state index contributed by atoms with van der Waals surface area (Å²) in [5.74, 6) is 0.636. The van der Waals surface area contributed by atoms with Gasteiger partial charge in [0, 0.05) is 11.3 Å². The molecule has 2 aromatic rings. The number of benzene rings is 1. The average Bonchev–Trinajstić information content (AvgIpc) is 2.33. The van der Waals surface area contributed by atoms with E-state index in [0.29, 0.717) is 28.4 Å². The predicted molar refractivity (Wildman–Crippen MR) is 66.0 cm³/mol. The van der Waals surface area contributed by atoms with E-state index >= 15 is 0 Å². The van der Waals surface area contributed by atoms with Crippen molar-refractivity contribution in [2.24, 2.45) is 0 Å². The number of H-pyrrole nitrogens is 1. The highest BCUT2D eigenvalue weighted by Gasteiger charge is 2.12. The first-order valence-corrected chi connectivity index (χ1v) is 5.13. The van der Waals surface area contributed by atoms with E-state index in [1.54, 1.807) is 20.1 Å². The van der Waals surface area contributed by atoms with Gasteiger partial charge in [0.25, 0.3) is 0 Å². The molecule has 1 heterocycles. The number of rotatable bonds is 2. The number of nitrogens with one attached hydrogen (secondary N) is 1. The third kappa shape index (κ3) is 1.99. The van der Waals surface area contributed by atoms with E-state index in [9.17, 15) is 4.79 Å². The Morgan fingerprint density at radius 3 is 2.76 bits per heavy atom. The fraction of sp³-hybridized carbons (Fsp3) is 0.167. The van der Waals surface area contributed by atoms with E-state index in [4.69, 9.17) is 10.5 Å². The molecule has 0 fully saturated rings. The predicted octanol–water partition coefficient (Wildman–Crippen LogP) is 1.34. The summed E-state index contributed by atoms with van der Waals surface area (Å²) >= 11 is 0. The number of aryl methyl sites for hydroxylation is 1. The van der Waals surface area contributed by atoms with Crippen molar-refractivity contribution in [1.82, 2.24) is 9.97 Å². The van der Waals surface area contributed by atoms with Crippen LogP contribution in [0.25, 0.3) is 11.3 Å². The lowest BCUT2D eigenvalue weighted by Crippen LogP contribution is -2.15. The Morgan fingerprint density at radius 2 is 2.06 bits per heavy atom. The van der Waals surface area contributed by atoms with Gasteiger partial charge < -0.3 is 15.5 Å². The standard InChI is InChI=1S/C12H13N3O2/c1-7-10(13)11(15-12(16)14-7)8-5-3-4-6-9(8)17-2/h3-6H,13H2,1-2H3,(H,14,15,16). The molecule has 1 aromatic heterocycles. The van der Waals surface area contributed by atoms with Gasteiger partial charge in [0.15, 0.2) is 0 Å². The van der Waals surface area contributed by atoms with E-state index in [1.165, 1.54) is 0 Å². The third-order valence-corrected chi connectivity index (χ3v) is 2.53. The lowest BCUT2D eigenvalue weighted by atomic mass is 10.1. The van der Waals surface area contributed by atoms with Crippen molar-refractivity contribution in [3.8, 4) is 17.0 Å². The minimum Gasteiger partial charge on any atom is -0.496 e. The van der Waals surface area contributed by atoms with Gasteiger partial charge in [0.2, 0.25) is 0 Å². The zero-order chi connectivity index (χ0) is 12.4. The van der Waals surface area contributed by atoms with Crippen molar-refractivity contribution in [3.63, 3.8) is 0 Å². The van der Waals surface area contributed by atoms with Crippen LogP contribution in [-0.2, 0) is 0 Å². The Hall–Kier alpha value is -2.30. The van der Waals surface area contributed by atoms with Gasteiger partial charge >= 0.3 is 5.69 Å². The highest BCUT2D eigenvalue weighted by molar-refractivity contribution is 5.77. The first-order valence-electron chi connectivity index (χ1n) is 5.13. The van der Waals surface area contributed by atoms with E-state index in [2.05, 4.69) is 9.97 Å². The van der Waals surface area contributed by atoms with Crippen LogP contribution >= 0.6 is 0 Å². The Bertz CT molecular complexity index is 605. The van der Waals surface area contributed by atoms with Gasteiger partial charge in [-0.3, -0.25) is 0 Å². The van der Waals surface area contributed by atoms with Crippen molar-refractivity contribution in [2.45, 2.75) is 6.92 Å². The van der Waals surface area contributed by atoms with Crippen LogP contribution < -0.4 is 16.2 Å². The van der Waals surface area contributed by atoms with Crippen molar-refractivity contribution in [2.75, 3.05) is 12.8 Å². The minimum atomic E-state index is -0.419. The SMILES string of the molecule is COc1ccccc1-c1nc(=O)[nH]c(C)c1N. The first-order chi connectivity index (χ1) is 8.13. The van der Waals surface area contributed by atoms with Crippen LogP contribution in [-0.4, -0.2) is 17.1 Å². The molecule has 0 aliphatic heterocycles. The molecule has 0 radical (unpaired) electrons. The van der Waals surface area contributed by atoms with Crippen LogP contribution in [0.1, 0.15) is 5.69 Å². The lowest BCUT2D eigenvalue weighted by Gasteiger charge is -2.10.